The third kappa shape index (κ3) is 2.43. The molecule has 0 radical (unpaired) electrons. The van der Waals surface area contributed by atoms with Crippen LogP contribution in [-0.4, -0.2) is 9.78 Å². The predicted octanol–water partition coefficient (Wildman–Crippen LogP) is 3.31. The molecule has 3 atom stereocenters. The first-order chi connectivity index (χ1) is 9.25. The summed E-state index contributed by atoms with van der Waals surface area (Å²) in [5, 5.41) is 4.44. The maximum absolute atomic E-state index is 6.43. The highest BCUT2D eigenvalue weighted by Gasteiger charge is 2.30. The third-order valence-electron chi connectivity index (χ3n) is 4.40. The summed E-state index contributed by atoms with van der Waals surface area (Å²) in [6.45, 7) is 2.32. The average molecular weight is 255 g/mol. The van der Waals surface area contributed by atoms with Gasteiger partial charge in [-0.05, 0) is 30.4 Å². The van der Waals surface area contributed by atoms with Crippen molar-refractivity contribution >= 4 is 0 Å². The largest absolute Gasteiger partial charge is 0.324 e. The Hall–Kier alpha value is -1.61. The van der Waals surface area contributed by atoms with E-state index in [2.05, 4.69) is 30.4 Å². The van der Waals surface area contributed by atoms with E-state index < -0.39 is 0 Å². The van der Waals surface area contributed by atoms with Gasteiger partial charge in [0.1, 0.15) is 0 Å². The maximum atomic E-state index is 6.43. The highest BCUT2D eigenvalue weighted by molar-refractivity contribution is 5.31. The molecule has 1 aliphatic rings. The van der Waals surface area contributed by atoms with E-state index >= 15 is 0 Å². The fourth-order valence-electron chi connectivity index (χ4n) is 3.19. The zero-order chi connectivity index (χ0) is 13.2. The number of rotatable bonds is 3. The fourth-order valence-corrected chi connectivity index (χ4v) is 3.19. The van der Waals surface area contributed by atoms with Crippen LogP contribution in [0.2, 0.25) is 0 Å². The lowest BCUT2D eigenvalue weighted by atomic mass is 9.88. The molecular formula is C16H21N3. The number of nitrogens with zero attached hydrogens (tertiary/aromatic N) is 2. The molecule has 0 amide bonds. The molecular weight excluding hydrogens is 234 g/mol. The van der Waals surface area contributed by atoms with E-state index in [1.807, 2.05) is 29.1 Å². The van der Waals surface area contributed by atoms with Gasteiger partial charge in [-0.1, -0.05) is 38.0 Å². The zero-order valence-corrected chi connectivity index (χ0v) is 11.4. The van der Waals surface area contributed by atoms with E-state index in [1.54, 1.807) is 0 Å². The van der Waals surface area contributed by atoms with Gasteiger partial charge in [-0.15, -0.1) is 0 Å². The minimum absolute atomic E-state index is 0.120. The molecule has 0 spiro atoms. The van der Waals surface area contributed by atoms with Crippen LogP contribution in [-0.2, 0) is 0 Å². The molecule has 3 nitrogen and oxygen atoms in total. The molecule has 1 aromatic carbocycles. The Morgan fingerprint density at radius 1 is 1.26 bits per heavy atom. The van der Waals surface area contributed by atoms with Crippen molar-refractivity contribution < 1.29 is 0 Å². The van der Waals surface area contributed by atoms with E-state index in [0.717, 1.165) is 17.2 Å². The summed E-state index contributed by atoms with van der Waals surface area (Å²) in [6, 6.07) is 10.3. The number of hydrogen-bond acceptors (Lipinski definition) is 2. The van der Waals surface area contributed by atoms with Gasteiger partial charge in [-0.2, -0.15) is 5.10 Å². The normalized spacial score (nSPS) is 24.5. The summed E-state index contributed by atoms with van der Waals surface area (Å²) in [4.78, 5) is 0. The van der Waals surface area contributed by atoms with Crippen molar-refractivity contribution in [1.82, 2.24) is 9.78 Å². The van der Waals surface area contributed by atoms with Gasteiger partial charge >= 0.3 is 0 Å². The van der Waals surface area contributed by atoms with Crippen LogP contribution in [0.5, 0.6) is 0 Å². The topological polar surface area (TPSA) is 43.8 Å². The number of hydrogen-bond donors (Lipinski definition) is 1. The molecule has 0 bridgehead atoms. The van der Waals surface area contributed by atoms with Gasteiger partial charge in [0.05, 0.1) is 11.9 Å². The second-order valence-corrected chi connectivity index (χ2v) is 5.65. The van der Waals surface area contributed by atoms with Crippen molar-refractivity contribution in [3.63, 3.8) is 0 Å². The number of benzene rings is 1. The van der Waals surface area contributed by atoms with Crippen LogP contribution >= 0.6 is 0 Å². The van der Waals surface area contributed by atoms with E-state index in [4.69, 9.17) is 5.73 Å². The summed E-state index contributed by atoms with van der Waals surface area (Å²) in [5.41, 5.74) is 8.67. The van der Waals surface area contributed by atoms with Crippen molar-refractivity contribution in [2.24, 2.45) is 17.6 Å². The zero-order valence-electron chi connectivity index (χ0n) is 11.4. The molecule has 0 saturated heterocycles. The number of nitrogens with two attached hydrogens (primary N) is 1. The Morgan fingerprint density at radius 3 is 2.74 bits per heavy atom. The average Bonchev–Trinajstić information content (AvgIpc) is 3.08. The Labute approximate surface area is 114 Å². The Bertz CT molecular complexity index is 532. The van der Waals surface area contributed by atoms with Crippen LogP contribution in [0.25, 0.3) is 5.69 Å². The summed E-state index contributed by atoms with van der Waals surface area (Å²) < 4.78 is 1.91. The lowest BCUT2D eigenvalue weighted by molar-refractivity contribution is 0.351. The van der Waals surface area contributed by atoms with Gasteiger partial charge in [0.2, 0.25) is 0 Å². The van der Waals surface area contributed by atoms with Gasteiger partial charge < -0.3 is 5.73 Å². The van der Waals surface area contributed by atoms with Crippen LogP contribution in [0, 0.1) is 11.8 Å². The van der Waals surface area contributed by atoms with Gasteiger partial charge in [0.25, 0.3) is 0 Å². The second kappa shape index (κ2) is 5.17. The molecule has 3 unspecified atom stereocenters. The molecule has 1 fully saturated rings. The van der Waals surface area contributed by atoms with Crippen LogP contribution in [0.3, 0.4) is 0 Å². The van der Waals surface area contributed by atoms with Crippen LogP contribution in [0.4, 0.5) is 0 Å². The lowest BCUT2D eigenvalue weighted by Gasteiger charge is -2.22. The summed E-state index contributed by atoms with van der Waals surface area (Å²) in [5.74, 6) is 1.34. The number of para-hydroxylation sites is 1. The van der Waals surface area contributed by atoms with Crippen LogP contribution in [0.1, 0.15) is 37.8 Å². The predicted molar refractivity (Wildman–Crippen MR) is 77.0 cm³/mol. The van der Waals surface area contributed by atoms with E-state index in [1.165, 1.54) is 19.3 Å². The van der Waals surface area contributed by atoms with Crippen LogP contribution < -0.4 is 5.73 Å². The molecule has 0 aliphatic heterocycles. The first kappa shape index (κ1) is 12.4. The van der Waals surface area contributed by atoms with Crippen LogP contribution in [0.15, 0.2) is 42.7 Å². The van der Waals surface area contributed by atoms with Crippen molar-refractivity contribution in [2.45, 2.75) is 32.2 Å². The van der Waals surface area contributed by atoms with Gasteiger partial charge in [-0.3, -0.25) is 0 Å². The SMILES string of the molecule is CC1CCCC1C(N)c1cnn(-c2ccccc2)c1. The summed E-state index contributed by atoms with van der Waals surface area (Å²) in [6.07, 6.45) is 7.87. The van der Waals surface area contributed by atoms with Crippen molar-refractivity contribution in [3.8, 4) is 5.69 Å². The van der Waals surface area contributed by atoms with Crippen molar-refractivity contribution in [3.05, 3.63) is 48.3 Å². The van der Waals surface area contributed by atoms with Crippen molar-refractivity contribution in [2.75, 3.05) is 0 Å². The van der Waals surface area contributed by atoms with E-state index in [-0.39, 0.29) is 6.04 Å². The van der Waals surface area contributed by atoms with Gasteiger partial charge in [-0.25, -0.2) is 4.68 Å². The Kier molecular flexibility index (Phi) is 3.38. The molecule has 1 heterocycles. The molecule has 19 heavy (non-hydrogen) atoms. The highest BCUT2D eigenvalue weighted by atomic mass is 15.3. The Balaban J connectivity index is 1.81. The molecule has 3 heteroatoms. The highest BCUT2D eigenvalue weighted by Crippen LogP contribution is 2.38. The molecule has 2 aromatic rings. The molecule has 100 valence electrons. The van der Waals surface area contributed by atoms with E-state index in [9.17, 15) is 0 Å². The fraction of sp³-hybridized carbons (Fsp3) is 0.438. The van der Waals surface area contributed by atoms with E-state index in [0.29, 0.717) is 5.92 Å². The van der Waals surface area contributed by atoms with Gasteiger partial charge in [0, 0.05) is 17.8 Å². The first-order valence-corrected chi connectivity index (χ1v) is 7.11. The molecule has 1 saturated carbocycles. The van der Waals surface area contributed by atoms with Crippen molar-refractivity contribution in [1.29, 1.82) is 0 Å². The maximum Gasteiger partial charge on any atom is 0.0645 e. The molecule has 3 rings (SSSR count). The number of aromatic nitrogens is 2. The minimum atomic E-state index is 0.120. The first-order valence-electron chi connectivity index (χ1n) is 7.11. The second-order valence-electron chi connectivity index (χ2n) is 5.65. The molecule has 1 aromatic heterocycles. The third-order valence-corrected chi connectivity index (χ3v) is 4.40. The van der Waals surface area contributed by atoms with Gasteiger partial charge in [0.15, 0.2) is 0 Å². The minimum Gasteiger partial charge on any atom is -0.324 e. The Morgan fingerprint density at radius 2 is 2.05 bits per heavy atom. The quantitative estimate of drug-likeness (QED) is 0.914. The summed E-state index contributed by atoms with van der Waals surface area (Å²) in [7, 11) is 0. The lowest BCUT2D eigenvalue weighted by Crippen LogP contribution is -2.22. The monoisotopic (exact) mass is 255 g/mol. The molecule has 1 aliphatic carbocycles. The summed E-state index contributed by atoms with van der Waals surface area (Å²) >= 11 is 0. The molecule has 2 N–H and O–H groups in total. The standard InChI is InChI=1S/C16H21N3/c1-12-6-5-9-15(12)16(17)13-10-18-19(11-13)14-7-3-2-4-8-14/h2-4,7-8,10-12,15-16H,5-6,9,17H2,1H3. The smallest absolute Gasteiger partial charge is 0.0645 e.